The fraction of sp³-hybridized carbons (Fsp3) is 0.182. The largest absolute Gasteiger partial charge is 0.449 e. The van der Waals surface area contributed by atoms with Crippen LogP contribution in [-0.2, 0) is 9.53 Å². The number of hydrogen-bond acceptors (Lipinski definition) is 3. The summed E-state index contributed by atoms with van der Waals surface area (Å²) < 4.78 is 5.40. The van der Waals surface area contributed by atoms with Gasteiger partial charge in [0, 0.05) is 5.69 Å². The van der Waals surface area contributed by atoms with E-state index in [-0.39, 0.29) is 5.91 Å². The molecular formula is C22H21NO3. The van der Waals surface area contributed by atoms with E-state index >= 15 is 0 Å². The van der Waals surface area contributed by atoms with Crippen molar-refractivity contribution >= 4 is 28.3 Å². The highest BCUT2D eigenvalue weighted by Gasteiger charge is 2.20. The summed E-state index contributed by atoms with van der Waals surface area (Å²) in [6.45, 7) is 5.45. The molecule has 4 heteroatoms. The van der Waals surface area contributed by atoms with Gasteiger partial charge in [-0.05, 0) is 54.8 Å². The van der Waals surface area contributed by atoms with E-state index in [1.54, 1.807) is 19.1 Å². The molecule has 0 bridgehead atoms. The van der Waals surface area contributed by atoms with Gasteiger partial charge in [-0.3, -0.25) is 4.79 Å². The lowest BCUT2D eigenvalue weighted by Crippen LogP contribution is -2.30. The fourth-order valence-electron chi connectivity index (χ4n) is 2.79. The highest BCUT2D eigenvalue weighted by Crippen LogP contribution is 2.20. The summed E-state index contributed by atoms with van der Waals surface area (Å²) in [4.78, 5) is 25.0. The van der Waals surface area contributed by atoms with Crippen molar-refractivity contribution in [1.29, 1.82) is 0 Å². The number of esters is 1. The van der Waals surface area contributed by atoms with Gasteiger partial charge in [0.25, 0.3) is 5.91 Å². The van der Waals surface area contributed by atoms with Crippen molar-refractivity contribution in [3.8, 4) is 0 Å². The van der Waals surface area contributed by atoms with Gasteiger partial charge >= 0.3 is 5.97 Å². The standard InChI is InChI=1S/C22H21NO3/c1-14-11-12-15(2)20(13-14)23-21(24)16(3)26-22(25)19-10-6-8-17-7-4-5-9-18(17)19/h4-13,16H,1-3H3,(H,23,24)/t16-/m1/s1. The Hall–Kier alpha value is -3.14. The first-order valence-corrected chi connectivity index (χ1v) is 8.52. The van der Waals surface area contributed by atoms with E-state index in [1.165, 1.54) is 0 Å². The van der Waals surface area contributed by atoms with Crippen molar-refractivity contribution in [2.45, 2.75) is 26.9 Å². The van der Waals surface area contributed by atoms with Gasteiger partial charge in [-0.25, -0.2) is 4.79 Å². The minimum Gasteiger partial charge on any atom is -0.449 e. The Kier molecular flexibility index (Phi) is 5.03. The van der Waals surface area contributed by atoms with Crippen LogP contribution in [0.25, 0.3) is 10.8 Å². The van der Waals surface area contributed by atoms with Crippen LogP contribution in [0.4, 0.5) is 5.69 Å². The summed E-state index contributed by atoms with van der Waals surface area (Å²) in [6.07, 6.45) is -0.901. The molecule has 1 N–H and O–H groups in total. The van der Waals surface area contributed by atoms with Crippen LogP contribution in [0.2, 0.25) is 0 Å². The minimum absolute atomic E-state index is 0.354. The van der Waals surface area contributed by atoms with Crippen LogP contribution in [0.5, 0.6) is 0 Å². The number of carbonyl (C=O) groups is 2. The van der Waals surface area contributed by atoms with E-state index in [1.807, 2.05) is 62.4 Å². The molecule has 0 unspecified atom stereocenters. The Morgan fingerprint density at radius 1 is 0.962 bits per heavy atom. The number of carbonyl (C=O) groups excluding carboxylic acids is 2. The van der Waals surface area contributed by atoms with Crippen LogP contribution in [0, 0.1) is 13.8 Å². The third-order valence-electron chi connectivity index (χ3n) is 4.31. The molecule has 0 aliphatic heterocycles. The lowest BCUT2D eigenvalue weighted by atomic mass is 10.0. The lowest BCUT2D eigenvalue weighted by Gasteiger charge is -2.15. The summed E-state index contributed by atoms with van der Waals surface area (Å²) in [5.74, 6) is -0.863. The number of benzene rings is 3. The van der Waals surface area contributed by atoms with Crippen molar-refractivity contribution in [2.75, 3.05) is 5.32 Å². The normalized spacial score (nSPS) is 11.8. The fourth-order valence-corrected chi connectivity index (χ4v) is 2.79. The third kappa shape index (κ3) is 3.75. The molecule has 4 nitrogen and oxygen atoms in total. The molecule has 0 aliphatic rings. The van der Waals surface area contributed by atoms with Crippen LogP contribution in [-0.4, -0.2) is 18.0 Å². The van der Waals surface area contributed by atoms with E-state index in [2.05, 4.69) is 5.32 Å². The molecule has 0 saturated heterocycles. The van der Waals surface area contributed by atoms with E-state index in [4.69, 9.17) is 4.74 Å². The highest BCUT2D eigenvalue weighted by molar-refractivity contribution is 6.05. The molecule has 1 amide bonds. The molecule has 0 spiro atoms. The Balaban J connectivity index is 1.74. The number of rotatable bonds is 4. The average molecular weight is 347 g/mol. The van der Waals surface area contributed by atoms with Crippen LogP contribution in [0.1, 0.15) is 28.4 Å². The number of aryl methyl sites for hydroxylation is 2. The van der Waals surface area contributed by atoms with Gasteiger partial charge in [0.2, 0.25) is 0 Å². The van der Waals surface area contributed by atoms with Gasteiger partial charge in [0.1, 0.15) is 0 Å². The number of hydrogen-bond donors (Lipinski definition) is 1. The molecule has 3 aromatic rings. The second-order valence-electron chi connectivity index (χ2n) is 6.38. The van der Waals surface area contributed by atoms with E-state index in [0.29, 0.717) is 5.56 Å². The van der Waals surface area contributed by atoms with Gasteiger partial charge in [0.15, 0.2) is 6.10 Å². The van der Waals surface area contributed by atoms with Crippen molar-refractivity contribution in [3.63, 3.8) is 0 Å². The van der Waals surface area contributed by atoms with Crippen LogP contribution in [0.15, 0.2) is 60.7 Å². The Labute approximate surface area is 152 Å². The molecule has 0 radical (unpaired) electrons. The molecule has 0 heterocycles. The van der Waals surface area contributed by atoms with E-state index in [0.717, 1.165) is 27.6 Å². The second-order valence-corrected chi connectivity index (χ2v) is 6.38. The summed E-state index contributed by atoms with van der Waals surface area (Å²) >= 11 is 0. The molecule has 1 atom stereocenters. The van der Waals surface area contributed by atoms with Crippen LogP contribution >= 0.6 is 0 Å². The molecule has 0 saturated carbocycles. The summed E-state index contributed by atoms with van der Waals surface area (Å²) in [6, 6.07) is 18.9. The molecule has 0 fully saturated rings. The molecule has 0 aromatic heterocycles. The first kappa shape index (κ1) is 17.7. The maximum atomic E-state index is 12.5. The zero-order chi connectivity index (χ0) is 18.7. The monoisotopic (exact) mass is 347 g/mol. The molecule has 3 aromatic carbocycles. The van der Waals surface area contributed by atoms with E-state index < -0.39 is 12.1 Å². The maximum absolute atomic E-state index is 12.5. The predicted octanol–water partition coefficient (Wildman–Crippen LogP) is 4.64. The Bertz CT molecular complexity index is 973. The van der Waals surface area contributed by atoms with Gasteiger partial charge in [-0.15, -0.1) is 0 Å². The maximum Gasteiger partial charge on any atom is 0.339 e. The molecule has 3 rings (SSSR count). The average Bonchev–Trinajstić information content (AvgIpc) is 2.64. The van der Waals surface area contributed by atoms with Gasteiger partial charge in [-0.1, -0.05) is 48.5 Å². The first-order valence-electron chi connectivity index (χ1n) is 8.52. The second kappa shape index (κ2) is 7.40. The lowest BCUT2D eigenvalue weighted by molar-refractivity contribution is -0.123. The summed E-state index contributed by atoms with van der Waals surface area (Å²) in [7, 11) is 0. The Morgan fingerprint density at radius 3 is 2.50 bits per heavy atom. The van der Waals surface area contributed by atoms with Crippen molar-refractivity contribution in [2.24, 2.45) is 0 Å². The number of amides is 1. The zero-order valence-corrected chi connectivity index (χ0v) is 15.1. The molecule has 0 aliphatic carbocycles. The topological polar surface area (TPSA) is 55.4 Å². The molecule has 26 heavy (non-hydrogen) atoms. The minimum atomic E-state index is -0.901. The zero-order valence-electron chi connectivity index (χ0n) is 15.1. The number of ether oxygens (including phenoxy) is 1. The smallest absolute Gasteiger partial charge is 0.339 e. The van der Waals surface area contributed by atoms with Crippen molar-refractivity contribution in [1.82, 2.24) is 0 Å². The highest BCUT2D eigenvalue weighted by atomic mass is 16.5. The first-order chi connectivity index (χ1) is 12.5. The van der Waals surface area contributed by atoms with Crippen LogP contribution in [0.3, 0.4) is 0 Å². The SMILES string of the molecule is Cc1ccc(C)c(NC(=O)[C@@H](C)OC(=O)c2cccc3ccccc23)c1. The number of nitrogens with one attached hydrogen (secondary N) is 1. The summed E-state index contributed by atoms with van der Waals surface area (Å²) in [5.41, 5.74) is 3.18. The predicted molar refractivity (Wildman–Crippen MR) is 103 cm³/mol. The molecule has 132 valence electrons. The Morgan fingerprint density at radius 2 is 1.69 bits per heavy atom. The number of anilines is 1. The van der Waals surface area contributed by atoms with Gasteiger partial charge in [-0.2, -0.15) is 0 Å². The molecular weight excluding hydrogens is 326 g/mol. The van der Waals surface area contributed by atoms with Crippen molar-refractivity contribution in [3.05, 3.63) is 77.4 Å². The van der Waals surface area contributed by atoms with Crippen LogP contribution < -0.4 is 5.32 Å². The number of fused-ring (bicyclic) bond motifs is 1. The van der Waals surface area contributed by atoms with Gasteiger partial charge in [0.05, 0.1) is 5.56 Å². The van der Waals surface area contributed by atoms with Gasteiger partial charge < -0.3 is 10.1 Å². The van der Waals surface area contributed by atoms with Crippen molar-refractivity contribution < 1.29 is 14.3 Å². The third-order valence-corrected chi connectivity index (χ3v) is 4.31. The summed E-state index contributed by atoms with van der Waals surface area (Å²) in [5, 5.41) is 4.59. The quantitative estimate of drug-likeness (QED) is 0.700. The van der Waals surface area contributed by atoms with E-state index in [9.17, 15) is 9.59 Å².